The van der Waals surface area contributed by atoms with E-state index in [0.29, 0.717) is 11.8 Å². The lowest BCUT2D eigenvalue weighted by molar-refractivity contribution is 0.0477. The minimum absolute atomic E-state index is 0.236. The number of alkyl halides is 2. The maximum atomic E-state index is 12.7. The Balaban J connectivity index is 2.50. The molecule has 0 N–H and O–H groups in total. The smallest absolute Gasteiger partial charge is 0.326 e. The molecule has 5 heteroatoms. The first-order chi connectivity index (χ1) is 6.53. The van der Waals surface area contributed by atoms with Crippen molar-refractivity contribution in [3.8, 4) is 5.75 Å². The van der Waals surface area contributed by atoms with Gasteiger partial charge >= 0.3 is 5.25 Å². The summed E-state index contributed by atoms with van der Waals surface area (Å²) in [5.41, 5.74) is 0. The Kier molecular flexibility index (Phi) is 3.69. The molecule has 0 aromatic heterocycles. The van der Waals surface area contributed by atoms with Crippen LogP contribution in [0.25, 0.3) is 0 Å². The van der Waals surface area contributed by atoms with E-state index in [1.54, 1.807) is 0 Å². The van der Waals surface area contributed by atoms with Crippen LogP contribution in [0.3, 0.4) is 0 Å². The molecule has 0 heterocycles. The molecule has 0 atom stereocenters. The summed E-state index contributed by atoms with van der Waals surface area (Å²) in [4.78, 5) is 0. The van der Waals surface area contributed by atoms with Crippen LogP contribution >= 0.6 is 11.8 Å². The van der Waals surface area contributed by atoms with Crippen LogP contribution in [0.2, 0.25) is 0 Å². The Morgan fingerprint density at radius 2 is 1.86 bits per heavy atom. The van der Waals surface area contributed by atoms with Crippen molar-refractivity contribution in [3.05, 3.63) is 30.1 Å². The predicted molar refractivity (Wildman–Crippen MR) is 50.4 cm³/mol. The van der Waals surface area contributed by atoms with E-state index in [1.165, 1.54) is 18.4 Å². The lowest BCUT2D eigenvalue weighted by atomic mass is 10.3. The number of ether oxygens (including phenoxy) is 1. The second kappa shape index (κ2) is 4.59. The van der Waals surface area contributed by atoms with Gasteiger partial charge < -0.3 is 4.74 Å². The van der Waals surface area contributed by atoms with Gasteiger partial charge in [0.25, 0.3) is 0 Å². The van der Waals surface area contributed by atoms with Crippen molar-refractivity contribution in [1.29, 1.82) is 0 Å². The molecule has 1 aromatic rings. The fourth-order valence-electron chi connectivity index (χ4n) is 0.757. The highest BCUT2D eigenvalue weighted by molar-refractivity contribution is 7.99. The van der Waals surface area contributed by atoms with Gasteiger partial charge in [0.1, 0.15) is 11.6 Å². The average Bonchev–Trinajstić information content (AvgIpc) is 2.17. The molecule has 14 heavy (non-hydrogen) atoms. The Morgan fingerprint density at radius 1 is 1.29 bits per heavy atom. The largest absolute Gasteiger partial charge is 0.486 e. The van der Waals surface area contributed by atoms with Crippen LogP contribution in [0.5, 0.6) is 5.75 Å². The highest BCUT2D eigenvalue weighted by atomic mass is 32.2. The molecule has 1 rings (SSSR count). The van der Waals surface area contributed by atoms with Crippen LogP contribution in [-0.4, -0.2) is 18.1 Å². The first kappa shape index (κ1) is 11.2. The van der Waals surface area contributed by atoms with Gasteiger partial charge in [0.05, 0.1) is 0 Å². The van der Waals surface area contributed by atoms with Crippen LogP contribution in [0.4, 0.5) is 13.2 Å². The quantitative estimate of drug-likeness (QED) is 0.773. The molecule has 1 aromatic carbocycles. The van der Waals surface area contributed by atoms with E-state index in [4.69, 9.17) is 4.74 Å². The second-order valence-corrected chi connectivity index (χ2v) is 3.59. The summed E-state index contributed by atoms with van der Waals surface area (Å²) in [6.45, 7) is -0.709. The highest BCUT2D eigenvalue weighted by Crippen LogP contribution is 2.27. The molecule has 1 nitrogen and oxygen atoms in total. The Hall–Kier alpha value is -0.840. The number of hydrogen-bond donors (Lipinski definition) is 0. The molecular formula is C9H9F3OS. The molecule has 0 saturated carbocycles. The first-order valence-electron chi connectivity index (χ1n) is 3.85. The zero-order valence-electron chi connectivity index (χ0n) is 7.47. The molecule has 0 bridgehead atoms. The minimum atomic E-state index is -2.91. The molecule has 0 spiro atoms. The average molecular weight is 222 g/mol. The molecule has 0 saturated heterocycles. The van der Waals surface area contributed by atoms with E-state index >= 15 is 0 Å². The Labute approximate surface area is 84.3 Å². The van der Waals surface area contributed by atoms with Crippen LogP contribution in [0.1, 0.15) is 0 Å². The van der Waals surface area contributed by atoms with Gasteiger partial charge in [-0.3, -0.25) is 0 Å². The van der Waals surface area contributed by atoms with E-state index < -0.39 is 17.7 Å². The zero-order chi connectivity index (χ0) is 10.6. The third kappa shape index (κ3) is 3.49. The van der Waals surface area contributed by atoms with Gasteiger partial charge in [-0.25, -0.2) is 4.39 Å². The number of benzene rings is 1. The van der Waals surface area contributed by atoms with E-state index in [9.17, 15) is 13.2 Å². The van der Waals surface area contributed by atoms with Crippen molar-refractivity contribution in [2.45, 2.75) is 5.25 Å². The van der Waals surface area contributed by atoms with E-state index in [-0.39, 0.29) is 5.75 Å². The van der Waals surface area contributed by atoms with Gasteiger partial charge in [0.15, 0.2) is 6.61 Å². The van der Waals surface area contributed by atoms with Crippen molar-refractivity contribution >= 4 is 11.8 Å². The maximum absolute atomic E-state index is 12.7. The molecule has 0 fully saturated rings. The first-order valence-corrected chi connectivity index (χ1v) is 5.07. The molecule has 0 aliphatic heterocycles. The number of hydrogen-bond acceptors (Lipinski definition) is 2. The van der Waals surface area contributed by atoms with E-state index in [1.807, 2.05) is 0 Å². The predicted octanol–water partition coefficient (Wildman–Crippen LogP) is 3.16. The lowest BCUT2D eigenvalue weighted by Crippen LogP contribution is -2.20. The molecule has 0 aliphatic rings. The molecule has 0 amide bonds. The van der Waals surface area contributed by atoms with Crippen molar-refractivity contribution in [2.75, 3.05) is 12.9 Å². The molecule has 0 aliphatic carbocycles. The van der Waals surface area contributed by atoms with Gasteiger partial charge in [-0.05, 0) is 30.5 Å². The summed E-state index contributed by atoms with van der Waals surface area (Å²) in [6.07, 6.45) is 1.30. The summed E-state index contributed by atoms with van der Waals surface area (Å²) in [5, 5.41) is -2.91. The lowest BCUT2D eigenvalue weighted by Gasteiger charge is -2.13. The van der Waals surface area contributed by atoms with Gasteiger partial charge in [-0.2, -0.15) is 8.78 Å². The SMILES string of the molecule is CSC(F)(F)COc1ccc(F)cc1. The zero-order valence-corrected chi connectivity index (χ0v) is 8.28. The van der Waals surface area contributed by atoms with E-state index in [0.717, 1.165) is 12.1 Å². The van der Waals surface area contributed by atoms with Crippen molar-refractivity contribution in [2.24, 2.45) is 0 Å². The fourth-order valence-corrected chi connectivity index (χ4v) is 0.934. The number of thioether (sulfide) groups is 1. The third-order valence-corrected chi connectivity index (χ3v) is 2.23. The van der Waals surface area contributed by atoms with Crippen molar-refractivity contribution in [1.82, 2.24) is 0 Å². The Morgan fingerprint density at radius 3 is 2.36 bits per heavy atom. The standard InChI is InChI=1S/C9H9F3OS/c1-14-9(11,12)6-13-8-4-2-7(10)3-5-8/h2-5H,6H2,1H3. The summed E-state index contributed by atoms with van der Waals surface area (Å²) < 4.78 is 42.6. The summed E-state index contributed by atoms with van der Waals surface area (Å²) in [5.74, 6) is -0.186. The van der Waals surface area contributed by atoms with Gasteiger partial charge in [0.2, 0.25) is 0 Å². The fraction of sp³-hybridized carbons (Fsp3) is 0.333. The highest BCUT2D eigenvalue weighted by Gasteiger charge is 2.28. The van der Waals surface area contributed by atoms with Gasteiger partial charge in [-0.1, -0.05) is 11.8 Å². The monoisotopic (exact) mass is 222 g/mol. The molecule has 0 unspecified atom stereocenters. The van der Waals surface area contributed by atoms with Crippen LogP contribution in [0.15, 0.2) is 24.3 Å². The van der Waals surface area contributed by atoms with Crippen LogP contribution in [-0.2, 0) is 0 Å². The molecular weight excluding hydrogens is 213 g/mol. The normalized spacial score (nSPS) is 11.4. The number of halogens is 3. The topological polar surface area (TPSA) is 9.23 Å². The summed E-state index contributed by atoms with van der Waals surface area (Å²) >= 11 is 0.417. The molecule has 0 radical (unpaired) electrons. The summed E-state index contributed by atoms with van der Waals surface area (Å²) in [7, 11) is 0. The second-order valence-electron chi connectivity index (χ2n) is 2.58. The van der Waals surface area contributed by atoms with E-state index in [2.05, 4.69) is 0 Å². The van der Waals surface area contributed by atoms with Gasteiger partial charge in [-0.15, -0.1) is 0 Å². The van der Waals surface area contributed by atoms with Crippen molar-refractivity contribution in [3.63, 3.8) is 0 Å². The van der Waals surface area contributed by atoms with Crippen molar-refractivity contribution < 1.29 is 17.9 Å². The molecule has 78 valence electrons. The van der Waals surface area contributed by atoms with Crippen LogP contribution < -0.4 is 4.74 Å². The third-order valence-electron chi connectivity index (χ3n) is 1.52. The number of rotatable bonds is 4. The van der Waals surface area contributed by atoms with Gasteiger partial charge in [0, 0.05) is 0 Å². The van der Waals surface area contributed by atoms with Crippen LogP contribution in [0, 0.1) is 5.82 Å². The summed E-state index contributed by atoms with van der Waals surface area (Å²) in [6, 6.07) is 4.94. The minimum Gasteiger partial charge on any atom is -0.486 e. The Bertz CT molecular complexity index is 287. The maximum Gasteiger partial charge on any atom is 0.326 e.